The molecule has 4 nitrogen and oxygen atoms in total. The molecule has 0 aliphatic heterocycles. The summed E-state index contributed by atoms with van der Waals surface area (Å²) in [6.45, 7) is 1.11. The Labute approximate surface area is 56.2 Å². The molecule has 0 heterocycles. The third kappa shape index (κ3) is 3.66. The Bertz CT molecular complexity index is 165. The van der Waals surface area contributed by atoms with Crippen LogP contribution in [0.1, 0.15) is 6.92 Å². The lowest BCUT2D eigenvalue weighted by Gasteiger charge is -1.90. The molecule has 0 saturated heterocycles. The highest BCUT2D eigenvalue weighted by Gasteiger charge is 2.09. The van der Waals surface area contributed by atoms with Gasteiger partial charge in [-0.05, 0) is 11.6 Å². The molecule has 9 heavy (non-hydrogen) atoms. The predicted molar refractivity (Wildman–Crippen MR) is 29.7 cm³/mol. The molecule has 1 N–H and O–H groups in total. The highest BCUT2D eigenvalue weighted by atomic mass is 35.5. The van der Waals surface area contributed by atoms with Gasteiger partial charge in [0.2, 0.25) is 5.91 Å². The van der Waals surface area contributed by atoms with Crippen LogP contribution in [0, 0.1) is 0 Å². The van der Waals surface area contributed by atoms with Gasteiger partial charge >= 0.3 is 11.1 Å². The van der Waals surface area contributed by atoms with Crippen molar-refractivity contribution in [3.63, 3.8) is 0 Å². The number of hydrogen-bond acceptors (Lipinski definition) is 3. The van der Waals surface area contributed by atoms with Crippen LogP contribution in [0.25, 0.3) is 0 Å². The van der Waals surface area contributed by atoms with Crippen LogP contribution >= 0.6 is 11.6 Å². The minimum absolute atomic E-state index is 0.603. The van der Waals surface area contributed by atoms with E-state index in [2.05, 4.69) is 11.6 Å². The highest BCUT2D eigenvalue weighted by molar-refractivity contribution is 6.81. The summed E-state index contributed by atoms with van der Waals surface area (Å²) in [6, 6.07) is 0. The number of amides is 2. The van der Waals surface area contributed by atoms with E-state index in [1.165, 1.54) is 0 Å². The quantitative estimate of drug-likeness (QED) is 0.401. The summed E-state index contributed by atoms with van der Waals surface area (Å²) in [4.78, 5) is 30.0. The Morgan fingerprint density at radius 3 is 1.89 bits per heavy atom. The molecule has 0 rings (SSSR count). The van der Waals surface area contributed by atoms with Crippen molar-refractivity contribution in [1.29, 1.82) is 0 Å². The second-order valence-corrected chi connectivity index (χ2v) is 1.63. The fourth-order valence-electron chi connectivity index (χ4n) is 0.209. The summed E-state index contributed by atoms with van der Waals surface area (Å²) in [7, 11) is 0. The molecule has 0 aromatic heterocycles. The van der Waals surface area contributed by atoms with Crippen molar-refractivity contribution >= 4 is 28.7 Å². The number of halogens is 1. The minimum atomic E-state index is -1.19. The molecule has 0 unspecified atom stereocenters. The van der Waals surface area contributed by atoms with Gasteiger partial charge in [0.1, 0.15) is 0 Å². The van der Waals surface area contributed by atoms with Crippen LogP contribution < -0.4 is 5.32 Å². The Kier molecular flexibility index (Phi) is 2.87. The average molecular weight is 150 g/mol. The zero-order valence-corrected chi connectivity index (χ0v) is 5.36. The van der Waals surface area contributed by atoms with Gasteiger partial charge in [-0.3, -0.25) is 19.7 Å². The van der Waals surface area contributed by atoms with Crippen molar-refractivity contribution in [3.05, 3.63) is 0 Å². The first-order chi connectivity index (χ1) is 4.04. The summed E-state index contributed by atoms with van der Waals surface area (Å²) < 4.78 is 0. The summed E-state index contributed by atoms with van der Waals surface area (Å²) in [5.41, 5.74) is 0. The number of hydrogen-bond donors (Lipinski definition) is 1. The first kappa shape index (κ1) is 8.10. The van der Waals surface area contributed by atoms with Gasteiger partial charge in [-0.15, -0.1) is 0 Å². The zero-order chi connectivity index (χ0) is 7.44. The van der Waals surface area contributed by atoms with E-state index in [0.29, 0.717) is 0 Å². The van der Waals surface area contributed by atoms with Gasteiger partial charge in [0.05, 0.1) is 0 Å². The third-order valence-electron chi connectivity index (χ3n) is 0.468. The molecular formula is C4H4ClNO3. The molecule has 0 aromatic rings. The molecule has 0 aliphatic carbocycles. The Hall–Kier alpha value is -0.900. The molecule has 0 saturated carbocycles. The van der Waals surface area contributed by atoms with E-state index in [1.54, 1.807) is 5.32 Å². The summed E-state index contributed by atoms with van der Waals surface area (Å²) in [5.74, 6) is -1.70. The van der Waals surface area contributed by atoms with Crippen LogP contribution in [-0.4, -0.2) is 17.1 Å². The van der Waals surface area contributed by atoms with Crippen molar-refractivity contribution in [1.82, 2.24) is 5.32 Å². The first-order valence-electron chi connectivity index (χ1n) is 2.05. The minimum Gasteiger partial charge on any atom is -0.289 e. The summed E-state index contributed by atoms with van der Waals surface area (Å²) in [5, 5.41) is 0.493. The van der Waals surface area contributed by atoms with Crippen LogP contribution in [0.3, 0.4) is 0 Å². The zero-order valence-electron chi connectivity index (χ0n) is 4.60. The van der Waals surface area contributed by atoms with Crippen LogP contribution in [0.15, 0.2) is 0 Å². The van der Waals surface area contributed by atoms with E-state index in [1.807, 2.05) is 0 Å². The van der Waals surface area contributed by atoms with Gasteiger partial charge in [-0.2, -0.15) is 0 Å². The molecule has 0 fully saturated rings. The second-order valence-electron chi connectivity index (χ2n) is 1.28. The van der Waals surface area contributed by atoms with Gasteiger partial charge in [0.25, 0.3) is 0 Å². The third-order valence-corrected chi connectivity index (χ3v) is 0.640. The van der Waals surface area contributed by atoms with Crippen molar-refractivity contribution in [2.45, 2.75) is 6.92 Å². The van der Waals surface area contributed by atoms with E-state index in [9.17, 15) is 14.4 Å². The van der Waals surface area contributed by atoms with Gasteiger partial charge in [-0.25, -0.2) is 0 Å². The first-order valence-corrected chi connectivity index (χ1v) is 2.43. The van der Waals surface area contributed by atoms with E-state index >= 15 is 0 Å². The fourth-order valence-corrected chi connectivity index (χ4v) is 0.256. The van der Waals surface area contributed by atoms with Gasteiger partial charge < -0.3 is 0 Å². The van der Waals surface area contributed by atoms with Crippen LogP contribution in [0.2, 0.25) is 0 Å². The summed E-state index contributed by atoms with van der Waals surface area (Å²) >= 11 is 4.67. The predicted octanol–water partition coefficient (Wildman–Crippen LogP) is -0.586. The standard InChI is InChI=1S/C4H4ClNO3/c1-2(7)6-4(9)3(5)8/h1H3,(H,6,7,9). The topological polar surface area (TPSA) is 63.2 Å². The van der Waals surface area contributed by atoms with Crippen LogP contribution in [-0.2, 0) is 14.4 Å². The Balaban J connectivity index is 3.79. The maximum atomic E-state index is 10.1. The molecule has 5 heteroatoms. The van der Waals surface area contributed by atoms with E-state index < -0.39 is 17.1 Å². The van der Waals surface area contributed by atoms with E-state index in [4.69, 9.17) is 0 Å². The largest absolute Gasteiger partial charge is 0.310 e. The monoisotopic (exact) mass is 149 g/mol. The molecule has 0 bridgehead atoms. The smallest absolute Gasteiger partial charge is 0.289 e. The number of carbonyl (C=O) groups is 3. The summed E-state index contributed by atoms with van der Waals surface area (Å²) in [6.07, 6.45) is 0. The molecule has 0 spiro atoms. The van der Waals surface area contributed by atoms with Crippen molar-refractivity contribution in [3.8, 4) is 0 Å². The SMILES string of the molecule is CC(=O)NC(=O)C(=O)Cl. The van der Waals surface area contributed by atoms with Gasteiger partial charge in [0.15, 0.2) is 0 Å². The lowest BCUT2D eigenvalue weighted by atomic mass is 10.6. The molecule has 50 valence electrons. The average Bonchev–Trinajstić information content (AvgIpc) is 1.63. The Morgan fingerprint density at radius 2 is 1.78 bits per heavy atom. The number of rotatable bonds is 1. The maximum absolute atomic E-state index is 10.1. The maximum Gasteiger partial charge on any atom is 0.310 e. The lowest BCUT2D eigenvalue weighted by molar-refractivity contribution is -0.137. The Morgan fingerprint density at radius 1 is 1.33 bits per heavy atom. The van der Waals surface area contributed by atoms with Crippen molar-refractivity contribution < 1.29 is 14.4 Å². The highest BCUT2D eigenvalue weighted by Crippen LogP contribution is 1.77. The molecule has 0 aromatic carbocycles. The normalized spacial score (nSPS) is 8.22. The number of imide groups is 1. The molecule has 2 amide bonds. The van der Waals surface area contributed by atoms with Crippen LogP contribution in [0.5, 0.6) is 0 Å². The molecule has 0 radical (unpaired) electrons. The van der Waals surface area contributed by atoms with Crippen molar-refractivity contribution in [2.75, 3.05) is 0 Å². The molecular weight excluding hydrogens is 146 g/mol. The van der Waals surface area contributed by atoms with Gasteiger partial charge in [0, 0.05) is 6.92 Å². The van der Waals surface area contributed by atoms with Gasteiger partial charge in [-0.1, -0.05) is 0 Å². The lowest BCUT2D eigenvalue weighted by Crippen LogP contribution is -2.31. The van der Waals surface area contributed by atoms with E-state index in [-0.39, 0.29) is 0 Å². The fraction of sp³-hybridized carbons (Fsp3) is 0.250. The molecule has 0 aliphatic rings. The second kappa shape index (κ2) is 3.19. The van der Waals surface area contributed by atoms with Crippen molar-refractivity contribution in [2.24, 2.45) is 0 Å². The molecule has 0 atom stereocenters. The number of carbonyl (C=O) groups excluding carboxylic acids is 3. The number of nitrogens with one attached hydrogen (secondary N) is 1. The van der Waals surface area contributed by atoms with E-state index in [0.717, 1.165) is 6.92 Å². The van der Waals surface area contributed by atoms with Crippen LogP contribution in [0.4, 0.5) is 0 Å².